The fraction of sp³-hybridized carbons (Fsp3) is 0.273. The molecule has 0 bridgehead atoms. The highest BCUT2D eigenvalue weighted by molar-refractivity contribution is 7.14. The van der Waals surface area contributed by atoms with Gasteiger partial charge in [0.25, 0.3) is 0 Å². The van der Waals surface area contributed by atoms with Gasteiger partial charge in [0, 0.05) is 25.8 Å². The van der Waals surface area contributed by atoms with Gasteiger partial charge in [0.15, 0.2) is 5.13 Å². The highest BCUT2D eigenvalue weighted by Gasteiger charge is 2.19. The molecule has 0 aliphatic carbocycles. The third kappa shape index (κ3) is 7.97. The minimum Gasteiger partial charge on any atom is -0.480 e. The molecule has 147 valence electrons. The van der Waals surface area contributed by atoms with Crippen molar-refractivity contribution >= 4 is 30.9 Å². The van der Waals surface area contributed by atoms with Crippen LogP contribution in [0.15, 0.2) is 66.0 Å². The highest BCUT2D eigenvalue weighted by Crippen LogP contribution is 2.25. The summed E-state index contributed by atoms with van der Waals surface area (Å²) in [6, 6.07) is 18.7. The van der Waals surface area contributed by atoms with Crippen LogP contribution < -0.4 is 5.32 Å². The molecule has 1 aromatic heterocycles. The maximum absolute atomic E-state index is 11.5. The molecule has 0 aliphatic heterocycles. The summed E-state index contributed by atoms with van der Waals surface area (Å²) < 4.78 is 0. The predicted octanol–water partition coefficient (Wildman–Crippen LogP) is 5.59. The highest BCUT2D eigenvalue weighted by atomic mass is 32.1. The Bertz CT molecular complexity index is 780. The van der Waals surface area contributed by atoms with Crippen molar-refractivity contribution in [2.45, 2.75) is 40.2 Å². The fourth-order valence-electron chi connectivity index (χ4n) is 2.28. The summed E-state index contributed by atoms with van der Waals surface area (Å²) in [5.41, 5.74) is 2.85. The number of thiazole rings is 1. The number of rotatable bonds is 6. The van der Waals surface area contributed by atoms with Gasteiger partial charge in [0.1, 0.15) is 6.04 Å². The second kappa shape index (κ2) is 14.5. The largest absolute Gasteiger partial charge is 0.480 e. The number of benzene rings is 2. The number of aromatic nitrogens is 1. The van der Waals surface area contributed by atoms with Crippen LogP contribution in [0.4, 0.5) is 5.13 Å². The predicted molar refractivity (Wildman–Crippen MR) is 121 cm³/mol. The molecular weight excluding hydrogens is 367 g/mol. The van der Waals surface area contributed by atoms with Gasteiger partial charge in [-0.05, 0) is 5.56 Å². The summed E-state index contributed by atoms with van der Waals surface area (Å²) in [6.07, 6.45) is 0.413. The molecular formula is C22H28BN2O2S. The van der Waals surface area contributed by atoms with Crippen LogP contribution in [0.2, 0.25) is 0 Å². The van der Waals surface area contributed by atoms with Gasteiger partial charge in [0.05, 0.1) is 5.69 Å². The lowest BCUT2D eigenvalue weighted by Gasteiger charge is -2.13. The second-order valence-corrected chi connectivity index (χ2v) is 5.99. The quantitative estimate of drug-likeness (QED) is 0.534. The van der Waals surface area contributed by atoms with Crippen LogP contribution in [0, 0.1) is 0 Å². The molecule has 3 rings (SSSR count). The maximum atomic E-state index is 11.5. The van der Waals surface area contributed by atoms with E-state index in [9.17, 15) is 9.90 Å². The second-order valence-electron chi connectivity index (χ2n) is 5.13. The van der Waals surface area contributed by atoms with Crippen LogP contribution in [-0.2, 0) is 11.2 Å². The third-order valence-corrected chi connectivity index (χ3v) is 4.23. The van der Waals surface area contributed by atoms with Crippen LogP contribution in [0.3, 0.4) is 0 Å². The van der Waals surface area contributed by atoms with E-state index in [1.807, 2.05) is 93.7 Å². The molecule has 0 spiro atoms. The van der Waals surface area contributed by atoms with Crippen molar-refractivity contribution in [1.29, 1.82) is 0 Å². The van der Waals surface area contributed by atoms with E-state index in [0.29, 0.717) is 11.6 Å². The van der Waals surface area contributed by atoms with Gasteiger partial charge in [-0.1, -0.05) is 88.4 Å². The Morgan fingerprint density at radius 2 is 1.54 bits per heavy atom. The number of nitrogens with zero attached hydrogens (tertiary/aromatic N) is 1. The minimum atomic E-state index is -0.884. The zero-order valence-corrected chi connectivity index (χ0v) is 17.7. The van der Waals surface area contributed by atoms with Crippen molar-refractivity contribution in [2.75, 3.05) is 5.32 Å². The molecule has 1 atom stereocenters. The number of aliphatic carboxylic acids is 1. The van der Waals surface area contributed by atoms with Crippen molar-refractivity contribution in [3.05, 3.63) is 71.6 Å². The number of anilines is 1. The van der Waals surface area contributed by atoms with E-state index in [1.165, 1.54) is 11.3 Å². The number of hydrogen-bond acceptors (Lipinski definition) is 4. The van der Waals surface area contributed by atoms with E-state index in [4.69, 9.17) is 0 Å². The van der Waals surface area contributed by atoms with Crippen LogP contribution in [0.1, 0.15) is 33.3 Å². The molecule has 0 saturated heterocycles. The lowest BCUT2D eigenvalue weighted by Crippen LogP contribution is -2.31. The van der Waals surface area contributed by atoms with Crippen molar-refractivity contribution in [3.63, 3.8) is 0 Å². The molecule has 28 heavy (non-hydrogen) atoms. The lowest BCUT2D eigenvalue weighted by atomic mass is 10.1. The Morgan fingerprint density at radius 3 is 2.07 bits per heavy atom. The average Bonchev–Trinajstić information content (AvgIpc) is 3.20. The normalized spacial score (nSPS) is 10.1. The number of hydrogen-bond donors (Lipinski definition) is 2. The Labute approximate surface area is 174 Å². The molecule has 1 unspecified atom stereocenters. The zero-order chi connectivity index (χ0) is 20.1. The van der Waals surface area contributed by atoms with Gasteiger partial charge in [0.2, 0.25) is 0 Å². The van der Waals surface area contributed by atoms with Gasteiger partial charge in [-0.25, -0.2) is 9.78 Å². The summed E-state index contributed by atoms with van der Waals surface area (Å²) in [6.45, 7) is 8.00. The monoisotopic (exact) mass is 395 g/mol. The van der Waals surface area contributed by atoms with Gasteiger partial charge in [-0.15, -0.1) is 11.3 Å². The first-order valence-electron chi connectivity index (χ1n) is 9.26. The molecule has 3 radical (unpaired) electrons. The van der Waals surface area contributed by atoms with E-state index in [1.54, 1.807) is 0 Å². The first-order valence-corrected chi connectivity index (χ1v) is 10.1. The molecule has 1 heterocycles. The van der Waals surface area contributed by atoms with Crippen LogP contribution in [0.5, 0.6) is 0 Å². The fourth-order valence-corrected chi connectivity index (χ4v) is 3.05. The Balaban J connectivity index is 0.00000137. The molecule has 0 amide bonds. The smallest absolute Gasteiger partial charge is 0.326 e. The molecule has 3 aromatic rings. The lowest BCUT2D eigenvalue weighted by molar-refractivity contribution is -0.137. The van der Waals surface area contributed by atoms with Crippen molar-refractivity contribution in [2.24, 2.45) is 0 Å². The summed E-state index contributed by atoms with van der Waals surface area (Å²) in [5, 5.41) is 15.0. The van der Waals surface area contributed by atoms with E-state index in [0.717, 1.165) is 16.8 Å². The van der Waals surface area contributed by atoms with E-state index in [-0.39, 0.29) is 8.41 Å². The molecule has 0 saturated carbocycles. The first kappa shape index (κ1) is 25.4. The van der Waals surface area contributed by atoms with E-state index in [2.05, 4.69) is 10.3 Å². The topological polar surface area (TPSA) is 62.2 Å². The SMILES string of the molecule is CC.CC.O=C(O)C(Cc1ccccc1)Nc1nc(-c2ccccc2)cs1.[B]. The Kier molecular flexibility index (Phi) is 13.1. The zero-order valence-electron chi connectivity index (χ0n) is 16.9. The van der Waals surface area contributed by atoms with Crippen molar-refractivity contribution in [1.82, 2.24) is 4.98 Å². The Hall–Kier alpha value is -2.60. The van der Waals surface area contributed by atoms with Gasteiger partial charge in [-0.3, -0.25) is 0 Å². The molecule has 6 heteroatoms. The van der Waals surface area contributed by atoms with Crippen LogP contribution in [0.25, 0.3) is 11.3 Å². The van der Waals surface area contributed by atoms with Gasteiger partial charge < -0.3 is 10.4 Å². The maximum Gasteiger partial charge on any atom is 0.326 e. The average molecular weight is 395 g/mol. The number of carboxylic acids is 1. The summed E-state index contributed by atoms with van der Waals surface area (Å²) >= 11 is 1.42. The van der Waals surface area contributed by atoms with Crippen molar-refractivity contribution in [3.8, 4) is 11.3 Å². The van der Waals surface area contributed by atoms with Crippen molar-refractivity contribution < 1.29 is 9.90 Å². The summed E-state index contributed by atoms with van der Waals surface area (Å²) in [7, 11) is 0. The molecule has 0 aliphatic rings. The number of carboxylic acid groups (broad SMARTS) is 1. The molecule has 2 N–H and O–H groups in total. The van der Waals surface area contributed by atoms with E-state index >= 15 is 0 Å². The minimum absolute atomic E-state index is 0. The third-order valence-electron chi connectivity index (χ3n) is 3.45. The number of carbonyl (C=O) groups is 1. The van der Waals surface area contributed by atoms with Crippen LogP contribution in [-0.4, -0.2) is 30.5 Å². The molecule has 2 aromatic carbocycles. The van der Waals surface area contributed by atoms with Gasteiger partial charge in [-0.2, -0.15) is 0 Å². The summed E-state index contributed by atoms with van der Waals surface area (Å²) in [5.74, 6) is -0.884. The number of nitrogens with one attached hydrogen (secondary N) is 1. The van der Waals surface area contributed by atoms with E-state index < -0.39 is 12.0 Å². The summed E-state index contributed by atoms with van der Waals surface area (Å²) in [4.78, 5) is 16.0. The molecule has 4 nitrogen and oxygen atoms in total. The first-order chi connectivity index (χ1) is 13.2. The standard InChI is InChI=1S/C18H16N2O2S.2C2H6.B/c21-17(22)15(11-13-7-3-1-4-8-13)19-18-20-16(12-23-18)14-9-5-2-6-10-14;2*1-2;/h1-10,12,15H,11H2,(H,19,20)(H,21,22);2*1-2H3;. The molecule has 0 fully saturated rings. The van der Waals surface area contributed by atoms with Crippen LogP contribution >= 0.6 is 11.3 Å². The Morgan fingerprint density at radius 1 is 1.00 bits per heavy atom. The van der Waals surface area contributed by atoms with Gasteiger partial charge >= 0.3 is 5.97 Å².